The second kappa shape index (κ2) is 7.55. The molecule has 0 bridgehead atoms. The fourth-order valence-corrected chi connectivity index (χ4v) is 4.04. The summed E-state index contributed by atoms with van der Waals surface area (Å²) in [7, 11) is 0. The molecule has 1 aliphatic rings. The predicted octanol–water partition coefficient (Wildman–Crippen LogP) is 4.47. The Labute approximate surface area is 170 Å². The third kappa shape index (κ3) is 3.79. The minimum absolute atomic E-state index is 0.0805. The smallest absolute Gasteiger partial charge is 0.244 e. The van der Waals surface area contributed by atoms with Crippen LogP contribution in [0.1, 0.15) is 34.2 Å². The average molecular weight is 384 g/mol. The van der Waals surface area contributed by atoms with E-state index in [1.807, 2.05) is 0 Å². The van der Waals surface area contributed by atoms with E-state index in [0.717, 1.165) is 12.0 Å². The molecule has 0 aliphatic heterocycles. The van der Waals surface area contributed by atoms with Gasteiger partial charge in [0.1, 0.15) is 5.75 Å². The molecule has 4 rings (SSSR count). The molecule has 1 aliphatic carbocycles. The number of carbonyl (C=O) groups excluding carboxylic acids is 1. The largest absolute Gasteiger partial charge is 0.508 e. The normalized spacial score (nSPS) is 17.2. The highest BCUT2D eigenvalue weighted by atomic mass is 16.3. The van der Waals surface area contributed by atoms with E-state index < -0.39 is 0 Å². The van der Waals surface area contributed by atoms with Gasteiger partial charge in [-0.1, -0.05) is 59.7 Å². The van der Waals surface area contributed by atoms with E-state index in [-0.39, 0.29) is 23.0 Å². The summed E-state index contributed by atoms with van der Waals surface area (Å²) in [6.07, 6.45) is 2.35. The predicted molar refractivity (Wildman–Crippen MR) is 115 cm³/mol. The molecule has 4 heteroatoms. The summed E-state index contributed by atoms with van der Waals surface area (Å²) in [5.41, 5.74) is 7.91. The van der Waals surface area contributed by atoms with E-state index >= 15 is 0 Å². The Morgan fingerprint density at radius 1 is 1.00 bits per heavy atom. The molecule has 1 atom stereocenters. The molecule has 1 amide bonds. The monoisotopic (exact) mass is 384 g/mol. The van der Waals surface area contributed by atoms with E-state index in [1.54, 1.807) is 30.5 Å². The number of hydrogen-bond donors (Lipinski definition) is 2. The molecule has 1 saturated carbocycles. The van der Waals surface area contributed by atoms with Gasteiger partial charge in [0.2, 0.25) is 5.91 Å². The van der Waals surface area contributed by atoms with E-state index in [9.17, 15) is 9.90 Å². The van der Waals surface area contributed by atoms with Crippen molar-refractivity contribution in [3.63, 3.8) is 0 Å². The van der Waals surface area contributed by atoms with Gasteiger partial charge in [0, 0.05) is 5.41 Å². The van der Waals surface area contributed by atoms with Gasteiger partial charge in [0.25, 0.3) is 0 Å². The van der Waals surface area contributed by atoms with Gasteiger partial charge < -0.3 is 5.11 Å². The summed E-state index contributed by atoms with van der Waals surface area (Å²) in [5.74, 6) is -0.0450. The summed E-state index contributed by atoms with van der Waals surface area (Å²) in [6, 6.07) is 23.5. The number of hydrazone groups is 1. The minimum Gasteiger partial charge on any atom is -0.508 e. The average Bonchev–Trinajstić information content (AvgIpc) is 3.47. The van der Waals surface area contributed by atoms with Crippen molar-refractivity contribution in [3.05, 3.63) is 101 Å². The first-order valence-electron chi connectivity index (χ1n) is 9.75. The zero-order valence-corrected chi connectivity index (χ0v) is 16.6. The molecule has 0 aromatic heterocycles. The van der Waals surface area contributed by atoms with Crippen LogP contribution < -0.4 is 5.43 Å². The van der Waals surface area contributed by atoms with Gasteiger partial charge in [-0.3, -0.25) is 4.79 Å². The van der Waals surface area contributed by atoms with Gasteiger partial charge in [-0.05, 0) is 61.2 Å². The molecule has 29 heavy (non-hydrogen) atoms. The van der Waals surface area contributed by atoms with Crippen molar-refractivity contribution in [3.8, 4) is 5.75 Å². The lowest BCUT2D eigenvalue weighted by molar-refractivity contribution is -0.122. The summed E-state index contributed by atoms with van der Waals surface area (Å²) in [6.45, 7) is 4.15. The topological polar surface area (TPSA) is 61.7 Å². The number of amides is 1. The molecular weight excluding hydrogens is 360 g/mol. The van der Waals surface area contributed by atoms with Gasteiger partial charge >= 0.3 is 0 Å². The highest BCUT2D eigenvalue weighted by Crippen LogP contribution is 2.59. The van der Waals surface area contributed by atoms with Gasteiger partial charge in [-0.2, -0.15) is 5.10 Å². The number of aryl methyl sites for hydroxylation is 2. The van der Waals surface area contributed by atoms with Crippen LogP contribution in [-0.4, -0.2) is 17.2 Å². The lowest BCUT2D eigenvalue weighted by atomic mass is 9.84. The van der Waals surface area contributed by atoms with Crippen molar-refractivity contribution in [2.75, 3.05) is 0 Å². The van der Waals surface area contributed by atoms with Gasteiger partial charge in [0.05, 0.1) is 12.1 Å². The van der Waals surface area contributed by atoms with Crippen LogP contribution in [0.4, 0.5) is 0 Å². The minimum atomic E-state index is -0.309. The lowest BCUT2D eigenvalue weighted by Gasteiger charge is -2.19. The highest BCUT2D eigenvalue weighted by Gasteiger charge is 2.60. The van der Waals surface area contributed by atoms with Crippen LogP contribution in [0.5, 0.6) is 5.75 Å². The molecule has 0 saturated heterocycles. The van der Waals surface area contributed by atoms with Gasteiger partial charge in [-0.15, -0.1) is 0 Å². The van der Waals surface area contributed by atoms with Crippen LogP contribution >= 0.6 is 0 Å². The molecule has 146 valence electrons. The van der Waals surface area contributed by atoms with E-state index in [1.165, 1.54) is 22.3 Å². The van der Waals surface area contributed by atoms with Crippen molar-refractivity contribution in [1.29, 1.82) is 0 Å². The maximum atomic E-state index is 12.9. The fraction of sp³-hybridized carbons (Fsp3) is 0.200. The van der Waals surface area contributed by atoms with Crippen LogP contribution in [-0.2, 0) is 10.2 Å². The Hall–Kier alpha value is -3.40. The second-order valence-corrected chi connectivity index (χ2v) is 7.79. The van der Waals surface area contributed by atoms with Crippen molar-refractivity contribution >= 4 is 12.1 Å². The van der Waals surface area contributed by atoms with Crippen molar-refractivity contribution in [1.82, 2.24) is 5.43 Å². The fourth-order valence-electron chi connectivity index (χ4n) is 4.04. The molecule has 2 N–H and O–H groups in total. The first-order chi connectivity index (χ1) is 14.0. The molecule has 1 unspecified atom stereocenters. The van der Waals surface area contributed by atoms with Crippen LogP contribution in [0.15, 0.2) is 77.9 Å². The standard InChI is InChI=1S/C25H24N2O2/c1-17-5-3-7-20(13-17)25(21-8-4-6-18(2)14-21)15-23(25)24(29)27-26-16-19-9-11-22(28)12-10-19/h3-14,16,23,28H,15H2,1-2H3,(H,27,29)/b26-16+. The number of benzene rings is 3. The maximum Gasteiger partial charge on any atom is 0.244 e. The Balaban J connectivity index is 1.58. The van der Waals surface area contributed by atoms with Crippen LogP contribution in [0.3, 0.4) is 0 Å². The van der Waals surface area contributed by atoms with Gasteiger partial charge in [-0.25, -0.2) is 5.43 Å². The molecular formula is C25H24N2O2. The first kappa shape index (κ1) is 18.9. The quantitative estimate of drug-likeness (QED) is 0.504. The number of phenols is 1. The number of nitrogens with one attached hydrogen (secondary N) is 1. The Bertz CT molecular complexity index is 1020. The van der Waals surface area contributed by atoms with Crippen molar-refractivity contribution in [2.45, 2.75) is 25.7 Å². The molecule has 4 nitrogen and oxygen atoms in total. The number of nitrogens with zero attached hydrogens (tertiary/aromatic N) is 1. The number of hydrogen-bond acceptors (Lipinski definition) is 3. The molecule has 0 heterocycles. The summed E-state index contributed by atoms with van der Waals surface area (Å²) in [4.78, 5) is 12.9. The SMILES string of the molecule is Cc1cccc(C2(c3cccc(C)c3)CC2C(=O)N/N=C/c2ccc(O)cc2)c1. The number of phenolic OH excluding ortho intramolecular Hbond substituents is 1. The zero-order valence-electron chi connectivity index (χ0n) is 16.6. The Morgan fingerprint density at radius 2 is 1.59 bits per heavy atom. The molecule has 3 aromatic rings. The summed E-state index contributed by atoms with van der Waals surface area (Å²) in [5, 5.41) is 13.5. The zero-order chi connectivity index (χ0) is 20.4. The van der Waals surface area contributed by atoms with Crippen molar-refractivity contribution < 1.29 is 9.90 Å². The van der Waals surface area contributed by atoms with Crippen LogP contribution in [0.2, 0.25) is 0 Å². The second-order valence-electron chi connectivity index (χ2n) is 7.79. The third-order valence-corrected chi connectivity index (χ3v) is 5.63. The lowest BCUT2D eigenvalue weighted by Crippen LogP contribution is -2.25. The number of carbonyl (C=O) groups is 1. The molecule has 1 fully saturated rings. The summed E-state index contributed by atoms with van der Waals surface area (Å²) >= 11 is 0. The highest BCUT2D eigenvalue weighted by molar-refractivity contribution is 5.87. The summed E-state index contributed by atoms with van der Waals surface area (Å²) < 4.78 is 0. The Morgan fingerprint density at radius 3 is 2.14 bits per heavy atom. The third-order valence-electron chi connectivity index (χ3n) is 5.63. The molecule has 0 spiro atoms. The van der Waals surface area contributed by atoms with E-state index in [2.05, 4.69) is 72.9 Å². The van der Waals surface area contributed by atoms with Gasteiger partial charge in [0.15, 0.2) is 0 Å². The van der Waals surface area contributed by atoms with Crippen LogP contribution in [0.25, 0.3) is 0 Å². The molecule has 0 radical (unpaired) electrons. The Kier molecular flexibility index (Phi) is 4.93. The van der Waals surface area contributed by atoms with Crippen LogP contribution in [0, 0.1) is 19.8 Å². The first-order valence-corrected chi connectivity index (χ1v) is 9.75. The van der Waals surface area contributed by atoms with E-state index in [0.29, 0.717) is 0 Å². The van der Waals surface area contributed by atoms with Crippen molar-refractivity contribution in [2.24, 2.45) is 11.0 Å². The number of aromatic hydroxyl groups is 1. The molecule has 3 aromatic carbocycles. The maximum absolute atomic E-state index is 12.9. The number of rotatable bonds is 5. The van der Waals surface area contributed by atoms with E-state index in [4.69, 9.17) is 0 Å².